The van der Waals surface area contributed by atoms with Crippen LogP contribution in [0.2, 0.25) is 0 Å². The molecule has 0 aliphatic carbocycles. The van der Waals surface area contributed by atoms with Crippen LogP contribution in [0.3, 0.4) is 0 Å². The van der Waals surface area contributed by atoms with Crippen LogP contribution >= 0.6 is 0 Å². The van der Waals surface area contributed by atoms with Gasteiger partial charge in [0.25, 0.3) is 0 Å². The van der Waals surface area contributed by atoms with Gasteiger partial charge in [0.2, 0.25) is 5.88 Å². The van der Waals surface area contributed by atoms with Crippen LogP contribution in [0, 0.1) is 13.8 Å². The minimum atomic E-state index is -3.32. The van der Waals surface area contributed by atoms with E-state index in [0.29, 0.717) is 18.3 Å². The fourth-order valence-electron chi connectivity index (χ4n) is 3.21. The summed E-state index contributed by atoms with van der Waals surface area (Å²) in [6.45, 7) is 6.49. The molecule has 1 aromatic heterocycles. The van der Waals surface area contributed by atoms with E-state index in [2.05, 4.69) is 27.4 Å². The lowest BCUT2D eigenvalue weighted by Crippen LogP contribution is -2.15. The van der Waals surface area contributed by atoms with Gasteiger partial charge in [-0.2, -0.15) is 0 Å². The first-order chi connectivity index (χ1) is 13.8. The Morgan fingerprint density at radius 1 is 1.07 bits per heavy atom. The van der Waals surface area contributed by atoms with Crippen LogP contribution in [-0.4, -0.2) is 31.2 Å². The number of aryl methyl sites for hydroxylation is 2. The Bertz CT molecular complexity index is 1110. The molecular weight excluding hydrogens is 386 g/mol. The zero-order valence-corrected chi connectivity index (χ0v) is 17.8. The largest absolute Gasteiger partial charge is 0.478 e. The van der Waals surface area contributed by atoms with Gasteiger partial charge in [0, 0.05) is 12.3 Å². The van der Waals surface area contributed by atoms with Gasteiger partial charge in [0.15, 0.2) is 9.84 Å². The fourth-order valence-corrected chi connectivity index (χ4v) is 3.88. The summed E-state index contributed by atoms with van der Waals surface area (Å²) in [7, 11) is -3.32. The second-order valence-corrected chi connectivity index (χ2v) is 8.97. The second kappa shape index (κ2) is 8.61. The fraction of sp³-hybridized carbons (Fsp3) is 0.273. The summed E-state index contributed by atoms with van der Waals surface area (Å²) in [5.41, 5.74) is 4.14. The molecule has 0 spiro atoms. The van der Waals surface area contributed by atoms with E-state index >= 15 is 0 Å². The van der Waals surface area contributed by atoms with Gasteiger partial charge in [0.1, 0.15) is 12.1 Å². The summed E-state index contributed by atoms with van der Waals surface area (Å²) in [6, 6.07) is 14.6. The average Bonchev–Trinajstić information content (AvgIpc) is 2.67. The number of nitrogens with one attached hydrogen (secondary N) is 1. The molecule has 1 N–H and O–H groups in total. The van der Waals surface area contributed by atoms with Crippen molar-refractivity contribution in [2.75, 3.05) is 18.2 Å². The molecule has 152 valence electrons. The minimum Gasteiger partial charge on any atom is -0.478 e. The van der Waals surface area contributed by atoms with E-state index in [-0.39, 0.29) is 10.9 Å². The molecule has 1 atom stereocenters. The van der Waals surface area contributed by atoms with Crippen molar-refractivity contribution >= 4 is 15.7 Å². The SMILES string of the molecule is CCOc1cc(NC(c2cccc(S(C)(=O)=O)c2)c2ccc(C)cc2C)ncn1. The van der Waals surface area contributed by atoms with Gasteiger partial charge in [-0.15, -0.1) is 0 Å². The van der Waals surface area contributed by atoms with Gasteiger partial charge in [0.05, 0.1) is 17.5 Å². The number of ether oxygens (including phenoxy) is 1. The van der Waals surface area contributed by atoms with Crippen LogP contribution in [0.1, 0.15) is 35.2 Å². The maximum Gasteiger partial charge on any atom is 0.218 e. The Hall–Kier alpha value is -2.93. The monoisotopic (exact) mass is 411 g/mol. The first kappa shape index (κ1) is 20.8. The number of sulfone groups is 1. The van der Waals surface area contributed by atoms with Crippen molar-refractivity contribution in [3.8, 4) is 5.88 Å². The van der Waals surface area contributed by atoms with E-state index in [1.807, 2.05) is 32.9 Å². The van der Waals surface area contributed by atoms with E-state index in [0.717, 1.165) is 22.3 Å². The molecule has 0 saturated carbocycles. The molecule has 3 rings (SSSR count). The molecule has 1 unspecified atom stereocenters. The predicted octanol–water partition coefficient (Wildman–Crippen LogP) is 4.10. The number of rotatable bonds is 7. The molecule has 2 aromatic carbocycles. The number of hydrogen-bond acceptors (Lipinski definition) is 6. The van der Waals surface area contributed by atoms with Gasteiger partial charge in [-0.3, -0.25) is 0 Å². The van der Waals surface area contributed by atoms with Crippen molar-refractivity contribution in [2.45, 2.75) is 31.7 Å². The number of hydrogen-bond donors (Lipinski definition) is 1. The van der Waals surface area contributed by atoms with E-state index in [9.17, 15) is 8.42 Å². The normalized spacial score (nSPS) is 12.4. The maximum atomic E-state index is 12.1. The summed E-state index contributed by atoms with van der Waals surface area (Å²) in [5, 5.41) is 3.42. The molecule has 0 fully saturated rings. The van der Waals surface area contributed by atoms with E-state index in [4.69, 9.17) is 4.74 Å². The number of benzene rings is 2. The summed E-state index contributed by atoms with van der Waals surface area (Å²) in [4.78, 5) is 8.70. The quantitative estimate of drug-likeness (QED) is 0.630. The summed E-state index contributed by atoms with van der Waals surface area (Å²) in [5.74, 6) is 1.08. The lowest BCUT2D eigenvalue weighted by atomic mass is 9.94. The Balaban J connectivity index is 2.09. The smallest absolute Gasteiger partial charge is 0.218 e. The third kappa shape index (κ3) is 5.12. The van der Waals surface area contributed by atoms with Gasteiger partial charge in [-0.25, -0.2) is 18.4 Å². The standard InChI is InChI=1S/C22H25N3O3S/c1-5-28-21-13-20(23-14-24-21)25-22(19-10-9-15(2)11-16(19)3)17-7-6-8-18(12-17)29(4,26)27/h6-14,22H,5H2,1-4H3,(H,23,24,25). The van der Waals surface area contributed by atoms with Crippen molar-refractivity contribution in [1.82, 2.24) is 9.97 Å². The zero-order chi connectivity index (χ0) is 21.0. The van der Waals surface area contributed by atoms with Gasteiger partial charge in [-0.1, -0.05) is 35.9 Å². The van der Waals surface area contributed by atoms with Crippen LogP contribution in [0.25, 0.3) is 0 Å². The summed E-state index contributed by atoms with van der Waals surface area (Å²) in [6.07, 6.45) is 2.66. The second-order valence-electron chi connectivity index (χ2n) is 6.96. The highest BCUT2D eigenvalue weighted by Crippen LogP contribution is 2.30. The van der Waals surface area contributed by atoms with Crippen LogP contribution in [-0.2, 0) is 9.84 Å². The number of aromatic nitrogens is 2. The van der Waals surface area contributed by atoms with Crippen LogP contribution < -0.4 is 10.1 Å². The molecule has 0 bridgehead atoms. The van der Waals surface area contributed by atoms with Gasteiger partial charge in [-0.05, 0) is 49.6 Å². The Kier molecular flexibility index (Phi) is 6.17. The highest BCUT2D eigenvalue weighted by atomic mass is 32.2. The highest BCUT2D eigenvalue weighted by molar-refractivity contribution is 7.90. The third-order valence-electron chi connectivity index (χ3n) is 4.58. The molecule has 3 aromatic rings. The molecule has 0 aliphatic heterocycles. The molecule has 29 heavy (non-hydrogen) atoms. The minimum absolute atomic E-state index is 0.282. The summed E-state index contributed by atoms with van der Waals surface area (Å²) < 4.78 is 29.6. The molecule has 1 heterocycles. The maximum absolute atomic E-state index is 12.1. The van der Waals surface area contributed by atoms with Crippen LogP contribution in [0.15, 0.2) is 59.8 Å². The Morgan fingerprint density at radius 3 is 2.55 bits per heavy atom. The van der Waals surface area contributed by atoms with E-state index in [1.54, 1.807) is 24.3 Å². The summed E-state index contributed by atoms with van der Waals surface area (Å²) >= 11 is 0. The highest BCUT2D eigenvalue weighted by Gasteiger charge is 2.19. The molecule has 0 amide bonds. The third-order valence-corrected chi connectivity index (χ3v) is 5.69. The number of anilines is 1. The lowest BCUT2D eigenvalue weighted by molar-refractivity contribution is 0.326. The van der Waals surface area contributed by atoms with Crippen molar-refractivity contribution in [3.05, 3.63) is 77.1 Å². The van der Waals surface area contributed by atoms with Gasteiger partial charge < -0.3 is 10.1 Å². The molecule has 0 aliphatic rings. The van der Waals surface area contributed by atoms with Crippen LogP contribution in [0.5, 0.6) is 5.88 Å². The average molecular weight is 412 g/mol. The van der Waals surface area contributed by atoms with Crippen molar-refractivity contribution in [2.24, 2.45) is 0 Å². The molecule has 6 nitrogen and oxygen atoms in total. The Labute approximate surface area is 171 Å². The number of nitrogens with zero attached hydrogens (tertiary/aromatic N) is 2. The van der Waals surface area contributed by atoms with Crippen molar-refractivity contribution in [3.63, 3.8) is 0 Å². The van der Waals surface area contributed by atoms with E-state index in [1.165, 1.54) is 12.6 Å². The molecule has 0 saturated heterocycles. The topological polar surface area (TPSA) is 81.2 Å². The Morgan fingerprint density at radius 2 is 1.86 bits per heavy atom. The molecule has 0 radical (unpaired) electrons. The van der Waals surface area contributed by atoms with Crippen LogP contribution in [0.4, 0.5) is 5.82 Å². The van der Waals surface area contributed by atoms with Gasteiger partial charge >= 0.3 is 0 Å². The van der Waals surface area contributed by atoms with E-state index < -0.39 is 9.84 Å². The first-order valence-corrected chi connectivity index (χ1v) is 11.3. The van der Waals surface area contributed by atoms with Crippen molar-refractivity contribution < 1.29 is 13.2 Å². The van der Waals surface area contributed by atoms with Crippen molar-refractivity contribution in [1.29, 1.82) is 0 Å². The first-order valence-electron chi connectivity index (χ1n) is 9.36. The zero-order valence-electron chi connectivity index (χ0n) is 17.0. The molecular formula is C22H25N3O3S. The molecule has 7 heteroatoms. The lowest BCUT2D eigenvalue weighted by Gasteiger charge is -2.23. The predicted molar refractivity (Wildman–Crippen MR) is 114 cm³/mol.